The second kappa shape index (κ2) is 8.87. The van der Waals surface area contributed by atoms with Crippen molar-refractivity contribution in [2.24, 2.45) is 0 Å². The Balaban J connectivity index is 1.70. The number of amides is 3. The number of urea groups is 1. The summed E-state index contributed by atoms with van der Waals surface area (Å²) in [7, 11) is 0. The van der Waals surface area contributed by atoms with Crippen LogP contribution in [0.2, 0.25) is 0 Å². The van der Waals surface area contributed by atoms with E-state index < -0.39 is 0 Å². The third-order valence-electron chi connectivity index (χ3n) is 4.18. The number of carbonyl (C=O) groups is 2. The van der Waals surface area contributed by atoms with Crippen molar-refractivity contribution in [2.75, 3.05) is 10.6 Å². The Bertz CT molecular complexity index is 1040. The van der Waals surface area contributed by atoms with Crippen molar-refractivity contribution >= 4 is 34.1 Å². The van der Waals surface area contributed by atoms with Crippen molar-refractivity contribution in [3.8, 4) is 11.3 Å². The maximum Gasteiger partial charge on any atom is 0.319 e. The van der Waals surface area contributed by atoms with Crippen LogP contribution in [0.1, 0.15) is 35.3 Å². The highest BCUT2D eigenvalue weighted by molar-refractivity contribution is 7.14. The number of hydrogen-bond donors (Lipinski definition) is 3. The fourth-order valence-electron chi connectivity index (χ4n) is 2.89. The Morgan fingerprint density at radius 3 is 2.55 bits per heavy atom. The molecule has 3 amide bonds. The third kappa shape index (κ3) is 5.42. The number of benzene rings is 2. The van der Waals surface area contributed by atoms with Gasteiger partial charge in [0, 0.05) is 28.2 Å². The first-order valence-corrected chi connectivity index (χ1v) is 10.2. The Morgan fingerprint density at radius 1 is 1.03 bits per heavy atom. The van der Waals surface area contributed by atoms with Crippen molar-refractivity contribution in [3.63, 3.8) is 0 Å². The van der Waals surface area contributed by atoms with Crippen LogP contribution in [0.15, 0.2) is 47.8 Å². The van der Waals surface area contributed by atoms with Crippen LogP contribution in [-0.4, -0.2) is 23.0 Å². The van der Waals surface area contributed by atoms with Crippen molar-refractivity contribution in [1.29, 1.82) is 0 Å². The van der Waals surface area contributed by atoms with Crippen molar-refractivity contribution in [3.05, 3.63) is 64.5 Å². The Morgan fingerprint density at radius 2 is 1.83 bits per heavy atom. The fourth-order valence-corrected chi connectivity index (χ4v) is 3.60. The van der Waals surface area contributed by atoms with Crippen molar-refractivity contribution < 1.29 is 9.59 Å². The van der Waals surface area contributed by atoms with E-state index in [1.165, 1.54) is 16.9 Å². The number of aryl methyl sites for hydroxylation is 2. The van der Waals surface area contributed by atoms with Gasteiger partial charge in [-0.2, -0.15) is 0 Å². The first-order valence-electron chi connectivity index (χ1n) is 9.34. The van der Waals surface area contributed by atoms with Gasteiger partial charge in [-0.3, -0.25) is 10.1 Å². The monoisotopic (exact) mass is 408 g/mol. The van der Waals surface area contributed by atoms with Crippen LogP contribution < -0.4 is 16.0 Å². The zero-order valence-corrected chi connectivity index (χ0v) is 17.7. The van der Waals surface area contributed by atoms with E-state index in [2.05, 4.69) is 33.9 Å². The molecule has 3 rings (SSSR count). The summed E-state index contributed by atoms with van der Waals surface area (Å²) in [5.74, 6) is -0.278. The first kappa shape index (κ1) is 20.5. The molecular formula is C22H24N4O2S. The van der Waals surface area contributed by atoms with Crippen LogP contribution in [0.5, 0.6) is 0 Å². The molecule has 7 heteroatoms. The van der Waals surface area contributed by atoms with E-state index in [1.807, 2.05) is 38.3 Å². The van der Waals surface area contributed by atoms with Gasteiger partial charge in [0.15, 0.2) is 5.13 Å². The highest BCUT2D eigenvalue weighted by atomic mass is 32.1. The number of aromatic nitrogens is 1. The number of anilines is 2. The molecule has 3 N–H and O–H groups in total. The summed E-state index contributed by atoms with van der Waals surface area (Å²) >= 11 is 1.38. The van der Waals surface area contributed by atoms with E-state index in [0.29, 0.717) is 16.4 Å². The van der Waals surface area contributed by atoms with Crippen LogP contribution in [0.3, 0.4) is 0 Å². The lowest BCUT2D eigenvalue weighted by Gasteiger charge is -2.11. The number of carbonyl (C=O) groups excluding carboxylic acids is 2. The highest BCUT2D eigenvalue weighted by Crippen LogP contribution is 2.28. The minimum atomic E-state index is -0.310. The third-order valence-corrected chi connectivity index (χ3v) is 4.94. The quantitative estimate of drug-likeness (QED) is 0.542. The second-order valence-electron chi connectivity index (χ2n) is 7.14. The second-order valence-corrected chi connectivity index (χ2v) is 8.00. The van der Waals surface area contributed by atoms with Crippen molar-refractivity contribution in [1.82, 2.24) is 10.3 Å². The molecule has 0 bridgehead atoms. The van der Waals surface area contributed by atoms with Gasteiger partial charge in [-0.25, -0.2) is 9.78 Å². The average Bonchev–Trinajstić information content (AvgIpc) is 3.09. The van der Waals surface area contributed by atoms with Crippen LogP contribution in [0.4, 0.5) is 15.6 Å². The number of thiazole rings is 1. The van der Waals surface area contributed by atoms with Gasteiger partial charge in [0.2, 0.25) is 0 Å². The standard InChI is InChI=1S/C22H24N4O2S/c1-13(2)23-21(28)24-17-7-5-6-16(11-17)20(27)26-22-25-19(12-29-22)18-9-8-14(3)10-15(18)4/h5-13H,1-4H3,(H2,23,24,28)(H,25,26,27). The molecule has 0 aliphatic heterocycles. The number of nitrogens with one attached hydrogen (secondary N) is 3. The molecule has 3 aromatic rings. The van der Waals surface area contributed by atoms with E-state index >= 15 is 0 Å². The van der Waals surface area contributed by atoms with Gasteiger partial charge in [-0.05, 0) is 51.5 Å². The summed E-state index contributed by atoms with van der Waals surface area (Å²) in [4.78, 5) is 29.0. The lowest BCUT2D eigenvalue weighted by atomic mass is 10.0. The molecule has 0 saturated carbocycles. The van der Waals surface area contributed by atoms with Gasteiger partial charge >= 0.3 is 6.03 Å². The molecule has 1 heterocycles. The topological polar surface area (TPSA) is 83.1 Å². The van der Waals surface area contributed by atoms with E-state index in [9.17, 15) is 9.59 Å². The Kier molecular flexibility index (Phi) is 6.29. The lowest BCUT2D eigenvalue weighted by molar-refractivity contribution is 0.102. The smallest absolute Gasteiger partial charge is 0.319 e. The maximum atomic E-state index is 12.6. The molecule has 0 aliphatic carbocycles. The van der Waals surface area contributed by atoms with Gasteiger partial charge in [0.1, 0.15) is 0 Å². The molecule has 1 aromatic heterocycles. The average molecular weight is 409 g/mol. The molecule has 0 atom stereocenters. The summed E-state index contributed by atoms with van der Waals surface area (Å²) in [6.45, 7) is 7.86. The van der Waals surface area contributed by atoms with Gasteiger partial charge < -0.3 is 10.6 Å². The summed E-state index contributed by atoms with van der Waals surface area (Å²) in [5, 5.41) is 10.8. The molecule has 0 unspecified atom stereocenters. The molecule has 150 valence electrons. The lowest BCUT2D eigenvalue weighted by Crippen LogP contribution is -2.34. The number of hydrogen-bond acceptors (Lipinski definition) is 4. The predicted molar refractivity (Wildman–Crippen MR) is 119 cm³/mol. The Hall–Kier alpha value is -3.19. The molecule has 0 fully saturated rings. The highest BCUT2D eigenvalue weighted by Gasteiger charge is 2.12. The van der Waals surface area contributed by atoms with Gasteiger partial charge in [0.05, 0.1) is 5.69 Å². The summed E-state index contributed by atoms with van der Waals surface area (Å²) in [6.07, 6.45) is 0. The largest absolute Gasteiger partial charge is 0.336 e. The molecular weight excluding hydrogens is 384 g/mol. The van der Waals surface area contributed by atoms with Gasteiger partial charge in [-0.1, -0.05) is 29.8 Å². The Labute approximate surface area is 174 Å². The normalized spacial score (nSPS) is 10.7. The van der Waals surface area contributed by atoms with E-state index in [0.717, 1.165) is 16.8 Å². The summed E-state index contributed by atoms with van der Waals surface area (Å²) in [5.41, 5.74) is 5.22. The summed E-state index contributed by atoms with van der Waals surface area (Å²) in [6, 6.07) is 12.7. The maximum absolute atomic E-state index is 12.6. The molecule has 6 nitrogen and oxygen atoms in total. The van der Waals surface area contributed by atoms with Crippen LogP contribution >= 0.6 is 11.3 Å². The van der Waals surface area contributed by atoms with Crippen LogP contribution in [0, 0.1) is 13.8 Å². The van der Waals surface area contributed by atoms with Crippen LogP contribution in [0.25, 0.3) is 11.3 Å². The SMILES string of the molecule is Cc1ccc(-c2csc(NC(=O)c3cccc(NC(=O)NC(C)C)c3)n2)c(C)c1. The molecule has 0 spiro atoms. The number of nitrogens with zero attached hydrogens (tertiary/aromatic N) is 1. The zero-order chi connectivity index (χ0) is 21.0. The minimum absolute atomic E-state index is 0.0257. The zero-order valence-electron chi connectivity index (χ0n) is 16.9. The molecule has 29 heavy (non-hydrogen) atoms. The van der Waals surface area contributed by atoms with E-state index in [-0.39, 0.29) is 18.0 Å². The molecule has 0 aliphatic rings. The van der Waals surface area contributed by atoms with E-state index in [4.69, 9.17) is 0 Å². The fraction of sp³-hybridized carbons (Fsp3) is 0.227. The summed E-state index contributed by atoms with van der Waals surface area (Å²) < 4.78 is 0. The van der Waals surface area contributed by atoms with Crippen molar-refractivity contribution in [2.45, 2.75) is 33.7 Å². The number of rotatable bonds is 5. The van der Waals surface area contributed by atoms with Gasteiger partial charge in [0.25, 0.3) is 5.91 Å². The molecule has 2 aromatic carbocycles. The predicted octanol–water partition coefficient (Wildman–Crippen LogP) is 5.21. The van der Waals surface area contributed by atoms with E-state index in [1.54, 1.807) is 24.3 Å². The van der Waals surface area contributed by atoms with Crippen LogP contribution in [-0.2, 0) is 0 Å². The minimum Gasteiger partial charge on any atom is -0.336 e. The first-order chi connectivity index (χ1) is 13.8. The molecule has 0 radical (unpaired) electrons. The molecule has 0 saturated heterocycles. The van der Waals surface area contributed by atoms with Gasteiger partial charge in [-0.15, -0.1) is 11.3 Å².